The maximum atomic E-state index is 5.23. The van der Waals surface area contributed by atoms with Gasteiger partial charge in [0.2, 0.25) is 0 Å². The minimum atomic E-state index is 1.07. The van der Waals surface area contributed by atoms with E-state index in [0.29, 0.717) is 0 Å². The Hall–Kier alpha value is -0.850. The second kappa shape index (κ2) is 4.04. The van der Waals surface area contributed by atoms with Gasteiger partial charge in [-0.05, 0) is 12.5 Å². The van der Waals surface area contributed by atoms with Crippen LogP contribution in [0.5, 0.6) is 0 Å². The standard InChI is InChI=1S/C9H13O/c1-2-3-6-9-7-4-5-8-10-9/h4-5,7-8H,2-3,6H2,1H3/q+1. The molecule has 1 aromatic heterocycles. The lowest BCUT2D eigenvalue weighted by Gasteiger charge is -1.85. The number of hydrogen-bond donors (Lipinski definition) is 0. The van der Waals surface area contributed by atoms with E-state index in [1.807, 2.05) is 18.2 Å². The molecular weight excluding hydrogens is 124 g/mol. The van der Waals surface area contributed by atoms with Crippen LogP contribution in [-0.2, 0) is 6.42 Å². The van der Waals surface area contributed by atoms with Crippen molar-refractivity contribution in [3.63, 3.8) is 0 Å². The second-order valence-electron chi connectivity index (χ2n) is 2.38. The van der Waals surface area contributed by atoms with Gasteiger partial charge in [-0.1, -0.05) is 13.3 Å². The molecule has 10 heavy (non-hydrogen) atoms. The van der Waals surface area contributed by atoms with Gasteiger partial charge < -0.3 is 0 Å². The molecule has 0 amide bonds. The quantitative estimate of drug-likeness (QED) is 0.583. The Balaban J connectivity index is 2.43. The van der Waals surface area contributed by atoms with Gasteiger partial charge in [0.25, 0.3) is 0 Å². The lowest BCUT2D eigenvalue weighted by atomic mass is 10.2. The summed E-state index contributed by atoms with van der Waals surface area (Å²) in [5, 5.41) is 0. The van der Waals surface area contributed by atoms with Gasteiger partial charge in [-0.3, -0.25) is 0 Å². The van der Waals surface area contributed by atoms with E-state index in [2.05, 4.69) is 6.92 Å². The minimum absolute atomic E-state index is 1.07. The van der Waals surface area contributed by atoms with Crippen LogP contribution in [-0.4, -0.2) is 0 Å². The second-order valence-corrected chi connectivity index (χ2v) is 2.38. The maximum Gasteiger partial charge on any atom is 0.329 e. The molecule has 0 saturated carbocycles. The summed E-state index contributed by atoms with van der Waals surface area (Å²) in [6.07, 6.45) is 5.24. The Kier molecular flexibility index (Phi) is 2.94. The van der Waals surface area contributed by atoms with Crippen LogP contribution >= 0.6 is 0 Å². The van der Waals surface area contributed by atoms with Crippen molar-refractivity contribution in [2.45, 2.75) is 26.2 Å². The summed E-state index contributed by atoms with van der Waals surface area (Å²) in [6, 6.07) is 5.93. The van der Waals surface area contributed by atoms with E-state index < -0.39 is 0 Å². The molecule has 1 rings (SSSR count). The first-order chi connectivity index (χ1) is 4.93. The first-order valence-corrected chi connectivity index (χ1v) is 3.79. The van der Waals surface area contributed by atoms with Crippen LogP contribution in [0, 0.1) is 0 Å². The van der Waals surface area contributed by atoms with Crippen LogP contribution in [0.1, 0.15) is 25.5 Å². The topological polar surface area (TPSA) is 11.3 Å². The molecule has 0 aliphatic heterocycles. The Morgan fingerprint density at radius 2 is 2.30 bits per heavy atom. The molecule has 1 aromatic rings. The first-order valence-electron chi connectivity index (χ1n) is 3.79. The highest BCUT2D eigenvalue weighted by Gasteiger charge is 2.01. The molecule has 0 N–H and O–H groups in total. The summed E-state index contributed by atoms with van der Waals surface area (Å²) in [7, 11) is 0. The molecule has 0 unspecified atom stereocenters. The van der Waals surface area contributed by atoms with Gasteiger partial charge in [0, 0.05) is 12.1 Å². The van der Waals surface area contributed by atoms with E-state index in [0.717, 1.165) is 12.2 Å². The van der Waals surface area contributed by atoms with Crippen molar-refractivity contribution in [2.75, 3.05) is 0 Å². The molecule has 0 saturated heterocycles. The third kappa shape index (κ3) is 2.18. The normalized spacial score (nSPS) is 9.70. The third-order valence-electron chi connectivity index (χ3n) is 1.47. The molecule has 0 bridgehead atoms. The molecule has 0 aromatic carbocycles. The Morgan fingerprint density at radius 3 is 2.90 bits per heavy atom. The van der Waals surface area contributed by atoms with Crippen LogP contribution in [0.3, 0.4) is 0 Å². The first kappa shape index (κ1) is 7.26. The average molecular weight is 137 g/mol. The summed E-state index contributed by atoms with van der Waals surface area (Å²) in [5.74, 6) is 1.09. The predicted molar refractivity (Wildman–Crippen MR) is 41.7 cm³/mol. The molecule has 1 nitrogen and oxygen atoms in total. The molecule has 0 aliphatic carbocycles. The lowest BCUT2D eigenvalue weighted by Crippen LogP contribution is -1.81. The number of aryl methyl sites for hydroxylation is 1. The summed E-state index contributed by atoms with van der Waals surface area (Å²) in [4.78, 5) is 0. The van der Waals surface area contributed by atoms with Gasteiger partial charge in [0.1, 0.15) is 0 Å². The zero-order valence-corrected chi connectivity index (χ0v) is 6.34. The van der Waals surface area contributed by atoms with Crippen LogP contribution in [0.25, 0.3) is 0 Å². The van der Waals surface area contributed by atoms with Crippen molar-refractivity contribution < 1.29 is 4.42 Å². The van der Waals surface area contributed by atoms with Gasteiger partial charge in [-0.2, -0.15) is 0 Å². The molecule has 0 atom stereocenters. The van der Waals surface area contributed by atoms with Crippen LogP contribution in [0.4, 0.5) is 0 Å². The molecule has 0 fully saturated rings. The van der Waals surface area contributed by atoms with E-state index in [4.69, 9.17) is 4.42 Å². The monoisotopic (exact) mass is 137 g/mol. The predicted octanol–water partition coefficient (Wildman–Crippen LogP) is 2.90. The SMILES string of the molecule is CCCCc1cccc[o+]1. The van der Waals surface area contributed by atoms with Crippen LogP contribution < -0.4 is 0 Å². The average Bonchev–Trinajstić information content (AvgIpc) is 2.03. The highest BCUT2D eigenvalue weighted by atomic mass is 16.3. The number of rotatable bonds is 3. The summed E-state index contributed by atoms with van der Waals surface area (Å²) in [5.41, 5.74) is 0. The van der Waals surface area contributed by atoms with E-state index >= 15 is 0 Å². The van der Waals surface area contributed by atoms with E-state index in [1.54, 1.807) is 6.26 Å². The molecule has 0 radical (unpaired) electrons. The fourth-order valence-corrected chi connectivity index (χ4v) is 0.867. The number of unbranched alkanes of at least 4 members (excludes halogenated alkanes) is 1. The largest absolute Gasteiger partial charge is 0.329 e. The van der Waals surface area contributed by atoms with Crippen molar-refractivity contribution in [3.05, 3.63) is 30.2 Å². The third-order valence-corrected chi connectivity index (χ3v) is 1.47. The van der Waals surface area contributed by atoms with Crippen molar-refractivity contribution in [3.8, 4) is 0 Å². The van der Waals surface area contributed by atoms with Crippen LogP contribution in [0.2, 0.25) is 0 Å². The van der Waals surface area contributed by atoms with Crippen molar-refractivity contribution in [1.82, 2.24) is 0 Å². The van der Waals surface area contributed by atoms with E-state index in [9.17, 15) is 0 Å². The molecule has 0 aliphatic rings. The summed E-state index contributed by atoms with van der Waals surface area (Å²) in [6.45, 7) is 2.18. The molecule has 0 spiro atoms. The summed E-state index contributed by atoms with van der Waals surface area (Å²) >= 11 is 0. The van der Waals surface area contributed by atoms with Crippen molar-refractivity contribution in [2.24, 2.45) is 0 Å². The molecule has 1 heterocycles. The lowest BCUT2D eigenvalue weighted by molar-refractivity contribution is 0.484. The maximum absolute atomic E-state index is 5.23. The van der Waals surface area contributed by atoms with Crippen molar-refractivity contribution in [1.29, 1.82) is 0 Å². The Morgan fingerprint density at radius 1 is 1.40 bits per heavy atom. The summed E-state index contributed by atoms with van der Waals surface area (Å²) < 4.78 is 5.23. The zero-order chi connectivity index (χ0) is 7.23. The van der Waals surface area contributed by atoms with E-state index in [1.165, 1.54) is 12.8 Å². The molecule has 1 heteroatoms. The smallest absolute Gasteiger partial charge is 0.221 e. The van der Waals surface area contributed by atoms with Gasteiger partial charge >= 0.3 is 12.0 Å². The Bertz CT molecular complexity index is 169. The Labute approximate surface area is 61.7 Å². The molecular formula is C9H13O+. The number of hydrogen-bond acceptors (Lipinski definition) is 0. The van der Waals surface area contributed by atoms with Crippen molar-refractivity contribution >= 4 is 0 Å². The highest BCUT2D eigenvalue weighted by Crippen LogP contribution is 2.03. The van der Waals surface area contributed by atoms with Crippen LogP contribution in [0.15, 0.2) is 28.9 Å². The van der Waals surface area contributed by atoms with Gasteiger partial charge in [-0.25, -0.2) is 4.42 Å². The zero-order valence-electron chi connectivity index (χ0n) is 6.34. The van der Waals surface area contributed by atoms with Gasteiger partial charge in [-0.15, -0.1) is 0 Å². The van der Waals surface area contributed by atoms with E-state index in [-0.39, 0.29) is 0 Å². The van der Waals surface area contributed by atoms with Gasteiger partial charge in [0.05, 0.1) is 6.42 Å². The minimum Gasteiger partial charge on any atom is -0.221 e. The van der Waals surface area contributed by atoms with Gasteiger partial charge in [0.15, 0.2) is 0 Å². The fourth-order valence-electron chi connectivity index (χ4n) is 0.867. The molecule has 54 valence electrons. The fraction of sp³-hybridized carbons (Fsp3) is 0.444. The highest BCUT2D eigenvalue weighted by molar-refractivity contribution is 4.98.